The maximum absolute atomic E-state index is 13.7. The van der Waals surface area contributed by atoms with E-state index in [1.54, 1.807) is 22.6 Å². The summed E-state index contributed by atoms with van der Waals surface area (Å²) in [6.07, 6.45) is 3.75. The number of fused-ring (bicyclic) bond motifs is 4. The number of nitrogens with zero attached hydrogens (tertiary/aromatic N) is 2. The molecule has 2 aromatic rings. The number of amides is 3. The van der Waals surface area contributed by atoms with Crippen molar-refractivity contribution < 1.29 is 19.4 Å². The van der Waals surface area contributed by atoms with Crippen molar-refractivity contribution in [2.75, 3.05) is 20.3 Å². The minimum atomic E-state index is -0.635. The van der Waals surface area contributed by atoms with Crippen molar-refractivity contribution in [2.45, 2.75) is 57.3 Å². The normalized spacial score (nSPS) is 24.6. The van der Waals surface area contributed by atoms with E-state index in [1.807, 2.05) is 37.3 Å². The highest BCUT2D eigenvalue weighted by molar-refractivity contribution is 5.84. The van der Waals surface area contributed by atoms with Crippen LogP contribution in [0, 0.1) is 11.8 Å². The van der Waals surface area contributed by atoms with Gasteiger partial charge in [0.2, 0.25) is 5.91 Å². The van der Waals surface area contributed by atoms with Gasteiger partial charge in [0.25, 0.3) is 5.56 Å². The van der Waals surface area contributed by atoms with Gasteiger partial charge in [-0.05, 0) is 55.5 Å². The van der Waals surface area contributed by atoms with Crippen molar-refractivity contribution in [3.05, 3.63) is 52.4 Å². The zero-order valence-corrected chi connectivity index (χ0v) is 20.8. The fourth-order valence-electron chi connectivity index (χ4n) is 5.87. The van der Waals surface area contributed by atoms with Crippen LogP contribution in [0.25, 0.3) is 11.1 Å². The van der Waals surface area contributed by atoms with E-state index in [0.717, 1.165) is 31.2 Å². The summed E-state index contributed by atoms with van der Waals surface area (Å²) in [7, 11) is 1.58. The van der Waals surface area contributed by atoms with Crippen LogP contribution in [-0.2, 0) is 11.3 Å². The Bertz CT molecular complexity index is 1210. The lowest BCUT2D eigenvalue weighted by Crippen LogP contribution is -2.52. The quantitative estimate of drug-likeness (QED) is 0.547. The molecule has 3 aliphatic rings. The van der Waals surface area contributed by atoms with E-state index in [1.165, 1.54) is 0 Å². The number of aliphatic hydroxyl groups excluding tert-OH is 1. The van der Waals surface area contributed by atoms with Crippen molar-refractivity contribution in [2.24, 2.45) is 11.8 Å². The summed E-state index contributed by atoms with van der Waals surface area (Å²) >= 11 is 0. The van der Waals surface area contributed by atoms with E-state index in [2.05, 4.69) is 10.6 Å². The fourth-order valence-corrected chi connectivity index (χ4v) is 5.87. The highest BCUT2D eigenvalue weighted by Crippen LogP contribution is 2.48. The van der Waals surface area contributed by atoms with Crippen LogP contribution in [0.1, 0.15) is 44.3 Å². The molecule has 3 N–H and O–H groups in total. The number of aliphatic hydroxyl groups is 1. The second kappa shape index (κ2) is 9.97. The van der Waals surface area contributed by atoms with Crippen molar-refractivity contribution in [1.29, 1.82) is 0 Å². The Hall–Kier alpha value is -3.33. The molecule has 0 unspecified atom stereocenters. The minimum absolute atomic E-state index is 0.136. The molecular weight excluding hydrogens is 460 g/mol. The number of hydrogen-bond acceptors (Lipinski definition) is 5. The zero-order valence-electron chi connectivity index (χ0n) is 20.8. The van der Waals surface area contributed by atoms with Gasteiger partial charge in [0.15, 0.2) is 0 Å². The third-order valence-electron chi connectivity index (χ3n) is 7.94. The lowest BCUT2D eigenvalue weighted by atomic mass is 9.85. The molecule has 2 aliphatic heterocycles. The van der Waals surface area contributed by atoms with Crippen molar-refractivity contribution >= 4 is 11.9 Å². The molecule has 2 bridgehead atoms. The van der Waals surface area contributed by atoms with E-state index in [4.69, 9.17) is 4.74 Å². The number of rotatable bonds is 7. The van der Waals surface area contributed by atoms with Gasteiger partial charge in [0, 0.05) is 42.9 Å². The third-order valence-corrected chi connectivity index (χ3v) is 7.94. The Morgan fingerprint density at radius 3 is 2.67 bits per heavy atom. The van der Waals surface area contributed by atoms with Crippen LogP contribution < -0.4 is 20.9 Å². The fraction of sp³-hybridized carbons (Fsp3) is 0.519. The molecule has 9 heteroatoms. The van der Waals surface area contributed by atoms with Gasteiger partial charge in [0.05, 0.1) is 25.1 Å². The van der Waals surface area contributed by atoms with Gasteiger partial charge in [0.1, 0.15) is 5.75 Å². The number of pyridine rings is 1. The highest BCUT2D eigenvalue weighted by Gasteiger charge is 2.57. The number of hydrogen-bond donors (Lipinski definition) is 3. The van der Waals surface area contributed by atoms with Gasteiger partial charge in [-0.15, -0.1) is 0 Å². The average molecular weight is 495 g/mol. The van der Waals surface area contributed by atoms with Crippen LogP contribution in [0.15, 0.2) is 41.2 Å². The second-order valence-corrected chi connectivity index (χ2v) is 9.98. The van der Waals surface area contributed by atoms with Gasteiger partial charge in [-0.1, -0.05) is 19.1 Å². The first-order valence-corrected chi connectivity index (χ1v) is 12.8. The molecule has 0 radical (unpaired) electrons. The molecule has 3 heterocycles. The molecule has 1 aromatic carbocycles. The summed E-state index contributed by atoms with van der Waals surface area (Å²) in [6.45, 7) is 2.47. The number of carbonyl (C=O) groups excluding carboxylic acids is 2. The summed E-state index contributed by atoms with van der Waals surface area (Å²) < 4.78 is 7.02. The lowest BCUT2D eigenvalue weighted by molar-refractivity contribution is -0.128. The Morgan fingerprint density at radius 2 is 2.00 bits per heavy atom. The minimum Gasteiger partial charge on any atom is -0.497 e. The monoisotopic (exact) mass is 494 g/mol. The van der Waals surface area contributed by atoms with Crippen molar-refractivity contribution in [1.82, 2.24) is 20.1 Å². The van der Waals surface area contributed by atoms with Gasteiger partial charge >= 0.3 is 6.03 Å². The molecule has 36 heavy (non-hydrogen) atoms. The number of carbonyl (C=O) groups is 2. The molecule has 1 saturated carbocycles. The maximum atomic E-state index is 13.7. The number of aromatic nitrogens is 1. The van der Waals surface area contributed by atoms with E-state index in [9.17, 15) is 19.5 Å². The smallest absolute Gasteiger partial charge is 0.318 e. The first kappa shape index (κ1) is 24.4. The Kier molecular flexibility index (Phi) is 6.75. The molecule has 0 spiro atoms. The average Bonchev–Trinajstić information content (AvgIpc) is 3.11. The van der Waals surface area contributed by atoms with E-state index in [0.29, 0.717) is 23.6 Å². The molecule has 9 nitrogen and oxygen atoms in total. The zero-order chi connectivity index (χ0) is 25.4. The number of urea groups is 1. The number of methoxy groups -OCH3 is 1. The highest BCUT2D eigenvalue weighted by atomic mass is 16.5. The van der Waals surface area contributed by atoms with Crippen LogP contribution in [0.2, 0.25) is 0 Å². The van der Waals surface area contributed by atoms with Gasteiger partial charge in [-0.2, -0.15) is 0 Å². The molecule has 1 aromatic heterocycles. The Labute approximate surface area is 210 Å². The van der Waals surface area contributed by atoms with Crippen LogP contribution >= 0.6 is 0 Å². The van der Waals surface area contributed by atoms with E-state index < -0.39 is 23.9 Å². The molecule has 192 valence electrons. The molecule has 4 atom stereocenters. The Balaban J connectivity index is 1.58. The van der Waals surface area contributed by atoms with Crippen LogP contribution in [0.5, 0.6) is 5.75 Å². The third kappa shape index (κ3) is 4.05. The Morgan fingerprint density at radius 1 is 1.19 bits per heavy atom. The number of ether oxygens (including phenoxy) is 1. The number of nitrogens with one attached hydrogen (secondary N) is 2. The van der Waals surface area contributed by atoms with Crippen molar-refractivity contribution in [3.63, 3.8) is 0 Å². The predicted molar refractivity (Wildman–Crippen MR) is 135 cm³/mol. The molecule has 3 amide bonds. The molecular formula is C27H34N4O5. The molecule has 2 fully saturated rings. The summed E-state index contributed by atoms with van der Waals surface area (Å²) in [4.78, 5) is 42.2. The number of benzene rings is 1. The largest absolute Gasteiger partial charge is 0.497 e. The van der Waals surface area contributed by atoms with E-state index in [-0.39, 0.29) is 36.7 Å². The van der Waals surface area contributed by atoms with Crippen molar-refractivity contribution in [3.8, 4) is 16.9 Å². The first-order chi connectivity index (χ1) is 17.5. The maximum Gasteiger partial charge on any atom is 0.318 e. The standard InChI is InChI=1S/C27H34N4O5/c1-3-12-28-27(35)31-22-14-30-21(11-10-19(26(30)34)16-6-4-9-18(13-16)36-2)24(31)23(20(22)15-32)25(33)29-17-7-5-8-17/h4,6,9-11,13,17,20,22-24,32H,3,5,7-8,12,14-15H2,1-2H3,(H,28,35)(H,29,33)/t20-,22-,23+,24+/m0/s1. The molecule has 5 rings (SSSR count). The van der Waals surface area contributed by atoms with Crippen LogP contribution in [-0.4, -0.2) is 58.9 Å². The SMILES string of the molecule is CCCNC(=O)N1[C@@H]2c3ccc(-c4cccc(OC)c4)c(=O)n3C[C@H]1[C@H](CO)[C@H]2C(=O)NC1CCC1. The molecule has 1 saturated heterocycles. The summed E-state index contributed by atoms with van der Waals surface area (Å²) in [6, 6.07) is 9.71. The first-order valence-electron chi connectivity index (χ1n) is 12.8. The lowest BCUT2D eigenvalue weighted by Gasteiger charge is -2.38. The summed E-state index contributed by atoms with van der Waals surface area (Å²) in [5.41, 5.74) is 1.71. The molecule has 1 aliphatic carbocycles. The van der Waals surface area contributed by atoms with Gasteiger partial charge in [-0.3, -0.25) is 9.59 Å². The summed E-state index contributed by atoms with van der Waals surface area (Å²) in [5.74, 6) is -0.607. The van der Waals surface area contributed by atoms with E-state index >= 15 is 0 Å². The predicted octanol–water partition coefficient (Wildman–Crippen LogP) is 2.28. The van der Waals surface area contributed by atoms with Crippen LogP contribution in [0.4, 0.5) is 4.79 Å². The second-order valence-electron chi connectivity index (χ2n) is 9.98. The topological polar surface area (TPSA) is 113 Å². The van der Waals surface area contributed by atoms with Crippen LogP contribution in [0.3, 0.4) is 0 Å². The van der Waals surface area contributed by atoms with Gasteiger partial charge < -0.3 is 29.9 Å². The summed E-state index contributed by atoms with van der Waals surface area (Å²) in [5, 5.41) is 16.5. The van der Waals surface area contributed by atoms with Gasteiger partial charge in [-0.25, -0.2) is 4.79 Å².